The Hall–Kier alpha value is -3.78. The molecule has 0 saturated heterocycles. The van der Waals surface area contributed by atoms with Crippen molar-refractivity contribution < 1.29 is 14.0 Å². The number of nitrogens with one attached hydrogen (secondary N) is 1. The Morgan fingerprint density at radius 3 is 2.61 bits per heavy atom. The number of carbonyl (C=O) groups is 2. The lowest BCUT2D eigenvalue weighted by atomic mass is 10.1. The second-order valence-electron chi connectivity index (χ2n) is 6.93. The van der Waals surface area contributed by atoms with E-state index in [9.17, 15) is 9.59 Å². The number of amides is 2. The zero-order chi connectivity index (χ0) is 21.6. The van der Waals surface area contributed by atoms with Gasteiger partial charge in [-0.2, -0.15) is 0 Å². The number of benzene rings is 2. The van der Waals surface area contributed by atoms with Gasteiger partial charge in [-0.1, -0.05) is 47.0 Å². The second kappa shape index (κ2) is 9.36. The van der Waals surface area contributed by atoms with E-state index in [1.807, 2.05) is 55.5 Å². The molecule has 1 atom stereocenters. The zero-order valence-electron chi connectivity index (χ0n) is 16.8. The van der Waals surface area contributed by atoms with Gasteiger partial charge in [0, 0.05) is 17.6 Å². The number of anilines is 1. The SMILES string of the molecule is Cc1cccc(N(C(=O)c2csnn2)C(C(=O)NCc2ccccc2)c2ccco2)c1. The first-order chi connectivity index (χ1) is 15.1. The number of rotatable bonds is 7. The molecule has 31 heavy (non-hydrogen) atoms. The van der Waals surface area contributed by atoms with Crippen LogP contribution in [-0.4, -0.2) is 21.4 Å². The smallest absolute Gasteiger partial charge is 0.280 e. The van der Waals surface area contributed by atoms with E-state index in [2.05, 4.69) is 14.9 Å². The van der Waals surface area contributed by atoms with Crippen molar-refractivity contribution in [2.45, 2.75) is 19.5 Å². The number of aromatic nitrogens is 2. The Balaban J connectivity index is 1.73. The van der Waals surface area contributed by atoms with Gasteiger partial charge < -0.3 is 9.73 Å². The molecule has 156 valence electrons. The van der Waals surface area contributed by atoms with Crippen LogP contribution in [-0.2, 0) is 11.3 Å². The molecule has 0 aliphatic heterocycles. The van der Waals surface area contributed by atoms with E-state index in [0.29, 0.717) is 18.0 Å². The van der Waals surface area contributed by atoms with Crippen LogP contribution in [0.15, 0.2) is 82.8 Å². The van der Waals surface area contributed by atoms with Gasteiger partial charge in [0.1, 0.15) is 5.76 Å². The van der Waals surface area contributed by atoms with E-state index < -0.39 is 11.9 Å². The van der Waals surface area contributed by atoms with Crippen molar-refractivity contribution in [3.05, 3.63) is 101 Å². The first-order valence-corrected chi connectivity index (χ1v) is 10.5. The highest BCUT2D eigenvalue weighted by Gasteiger charge is 2.36. The molecule has 0 spiro atoms. The summed E-state index contributed by atoms with van der Waals surface area (Å²) >= 11 is 1.08. The topological polar surface area (TPSA) is 88.3 Å². The number of furan rings is 1. The van der Waals surface area contributed by atoms with Gasteiger partial charge in [-0.15, -0.1) is 5.10 Å². The fourth-order valence-corrected chi connectivity index (χ4v) is 3.67. The summed E-state index contributed by atoms with van der Waals surface area (Å²) in [7, 11) is 0. The molecule has 0 aliphatic rings. The molecule has 8 heteroatoms. The largest absolute Gasteiger partial charge is 0.467 e. The maximum absolute atomic E-state index is 13.4. The van der Waals surface area contributed by atoms with Crippen LogP contribution < -0.4 is 10.2 Å². The lowest BCUT2D eigenvalue weighted by Gasteiger charge is -2.29. The van der Waals surface area contributed by atoms with Crippen LogP contribution >= 0.6 is 11.5 Å². The predicted octanol–water partition coefficient (Wildman–Crippen LogP) is 4.14. The minimum atomic E-state index is -1.02. The van der Waals surface area contributed by atoms with Crippen molar-refractivity contribution in [1.82, 2.24) is 14.9 Å². The third-order valence-electron chi connectivity index (χ3n) is 4.71. The van der Waals surface area contributed by atoms with Crippen LogP contribution in [0.1, 0.15) is 33.4 Å². The Bertz CT molecular complexity index is 1140. The van der Waals surface area contributed by atoms with Crippen LogP contribution in [0, 0.1) is 6.92 Å². The van der Waals surface area contributed by atoms with E-state index in [1.54, 1.807) is 23.6 Å². The average molecular weight is 433 g/mol. The Morgan fingerprint density at radius 1 is 1.10 bits per heavy atom. The van der Waals surface area contributed by atoms with E-state index in [0.717, 1.165) is 22.7 Å². The molecule has 0 radical (unpaired) electrons. The van der Waals surface area contributed by atoms with Gasteiger partial charge in [-0.05, 0) is 53.8 Å². The summed E-state index contributed by atoms with van der Waals surface area (Å²) in [5.74, 6) is -0.448. The van der Waals surface area contributed by atoms with Crippen LogP contribution in [0.2, 0.25) is 0 Å². The normalized spacial score (nSPS) is 11.6. The van der Waals surface area contributed by atoms with Crippen molar-refractivity contribution >= 4 is 29.0 Å². The maximum Gasteiger partial charge on any atom is 0.280 e. The molecule has 7 nitrogen and oxygen atoms in total. The molecule has 0 bridgehead atoms. The molecule has 2 aromatic heterocycles. The van der Waals surface area contributed by atoms with E-state index in [1.165, 1.54) is 11.2 Å². The number of hydrogen-bond acceptors (Lipinski definition) is 6. The first kappa shape index (κ1) is 20.5. The summed E-state index contributed by atoms with van der Waals surface area (Å²) in [4.78, 5) is 28.2. The molecule has 4 aromatic rings. The molecule has 2 aromatic carbocycles. The lowest BCUT2D eigenvalue weighted by Crippen LogP contribution is -2.44. The summed E-state index contributed by atoms with van der Waals surface area (Å²) in [6.45, 7) is 2.25. The molecule has 0 aliphatic carbocycles. The van der Waals surface area contributed by atoms with Gasteiger partial charge in [0.2, 0.25) is 0 Å². The fourth-order valence-electron chi connectivity index (χ4n) is 3.24. The quantitative estimate of drug-likeness (QED) is 0.474. The van der Waals surface area contributed by atoms with E-state index in [-0.39, 0.29) is 11.6 Å². The molecule has 1 unspecified atom stereocenters. The molecule has 0 fully saturated rings. The van der Waals surface area contributed by atoms with Crippen molar-refractivity contribution in [1.29, 1.82) is 0 Å². The van der Waals surface area contributed by atoms with Crippen LogP contribution in [0.25, 0.3) is 0 Å². The maximum atomic E-state index is 13.4. The third-order valence-corrected chi connectivity index (χ3v) is 5.21. The Morgan fingerprint density at radius 2 is 1.94 bits per heavy atom. The molecule has 4 rings (SSSR count). The number of hydrogen-bond donors (Lipinski definition) is 1. The molecular weight excluding hydrogens is 412 g/mol. The third kappa shape index (κ3) is 4.70. The first-order valence-electron chi connectivity index (χ1n) is 9.66. The summed E-state index contributed by atoms with van der Waals surface area (Å²) in [6, 6.07) is 19.3. The second-order valence-corrected chi connectivity index (χ2v) is 7.54. The standard InChI is InChI=1S/C23H20N4O3S/c1-16-7-5-10-18(13-16)27(23(29)19-15-31-26-25-19)21(20-11-6-12-30-20)22(28)24-14-17-8-3-2-4-9-17/h2-13,15,21H,14H2,1H3,(H,24,28). The van der Waals surface area contributed by atoms with E-state index in [4.69, 9.17) is 4.42 Å². The van der Waals surface area contributed by atoms with Crippen LogP contribution in [0.3, 0.4) is 0 Å². The van der Waals surface area contributed by atoms with Crippen molar-refractivity contribution in [2.24, 2.45) is 0 Å². The van der Waals surface area contributed by atoms with Gasteiger partial charge in [-0.25, -0.2) is 0 Å². The minimum absolute atomic E-state index is 0.166. The van der Waals surface area contributed by atoms with Gasteiger partial charge >= 0.3 is 0 Å². The Kier molecular flexibility index (Phi) is 6.18. The molecular formula is C23H20N4O3S. The highest BCUT2D eigenvalue weighted by Crippen LogP contribution is 2.30. The van der Waals surface area contributed by atoms with Gasteiger partial charge in [-0.3, -0.25) is 14.5 Å². The zero-order valence-corrected chi connectivity index (χ0v) is 17.6. The summed E-state index contributed by atoms with van der Waals surface area (Å²) < 4.78 is 9.38. The van der Waals surface area contributed by atoms with Crippen LogP contribution in [0.4, 0.5) is 5.69 Å². The highest BCUT2D eigenvalue weighted by molar-refractivity contribution is 7.03. The van der Waals surface area contributed by atoms with Crippen molar-refractivity contribution in [3.63, 3.8) is 0 Å². The van der Waals surface area contributed by atoms with Gasteiger partial charge in [0.05, 0.1) is 6.26 Å². The van der Waals surface area contributed by atoms with Crippen molar-refractivity contribution in [3.8, 4) is 0 Å². The molecule has 1 N–H and O–H groups in total. The average Bonchev–Trinajstić information content (AvgIpc) is 3.50. The summed E-state index contributed by atoms with van der Waals surface area (Å²) in [6.07, 6.45) is 1.48. The summed E-state index contributed by atoms with van der Waals surface area (Å²) in [5.41, 5.74) is 2.63. The monoisotopic (exact) mass is 432 g/mol. The van der Waals surface area contributed by atoms with E-state index >= 15 is 0 Å². The minimum Gasteiger partial charge on any atom is -0.467 e. The van der Waals surface area contributed by atoms with Crippen molar-refractivity contribution in [2.75, 3.05) is 4.90 Å². The Labute approximate surface area is 183 Å². The number of aryl methyl sites for hydroxylation is 1. The van der Waals surface area contributed by atoms with Gasteiger partial charge in [0.25, 0.3) is 11.8 Å². The highest BCUT2D eigenvalue weighted by atomic mass is 32.1. The number of nitrogens with zero attached hydrogens (tertiary/aromatic N) is 3. The summed E-state index contributed by atoms with van der Waals surface area (Å²) in [5, 5.41) is 8.40. The predicted molar refractivity (Wildman–Crippen MR) is 118 cm³/mol. The lowest BCUT2D eigenvalue weighted by molar-refractivity contribution is -0.123. The molecule has 2 heterocycles. The molecule has 2 amide bonds. The number of carbonyl (C=O) groups excluding carboxylic acids is 2. The van der Waals surface area contributed by atoms with Gasteiger partial charge in [0.15, 0.2) is 11.7 Å². The van der Waals surface area contributed by atoms with Crippen LogP contribution in [0.5, 0.6) is 0 Å². The molecule has 0 saturated carbocycles. The fraction of sp³-hybridized carbons (Fsp3) is 0.130.